The molecular weight excluding hydrogens is 653 g/mol. The van der Waals surface area contributed by atoms with Gasteiger partial charge < -0.3 is 29.8 Å². The number of piperidine rings is 1. The van der Waals surface area contributed by atoms with Gasteiger partial charge in [0.1, 0.15) is 11.6 Å². The van der Waals surface area contributed by atoms with E-state index in [2.05, 4.69) is 33.9 Å². The van der Waals surface area contributed by atoms with Crippen molar-refractivity contribution in [2.75, 3.05) is 43.5 Å². The fraction of sp³-hybridized carbons (Fsp3) is 0.395. The third kappa shape index (κ3) is 6.83. The summed E-state index contributed by atoms with van der Waals surface area (Å²) < 4.78 is 31.7. The van der Waals surface area contributed by atoms with Crippen LogP contribution in [0.25, 0.3) is 11.5 Å². The minimum absolute atomic E-state index is 0.0466. The summed E-state index contributed by atoms with van der Waals surface area (Å²) in [5, 5.41) is 11.1. The third-order valence-electron chi connectivity index (χ3n) is 10.4. The van der Waals surface area contributed by atoms with Crippen LogP contribution in [0.1, 0.15) is 60.6 Å². The second-order valence-corrected chi connectivity index (χ2v) is 13.6. The molecule has 3 atom stereocenters. The van der Waals surface area contributed by atoms with E-state index in [1.165, 1.54) is 36.6 Å². The van der Waals surface area contributed by atoms with Crippen molar-refractivity contribution >= 4 is 23.7 Å². The maximum atomic E-state index is 14.2. The number of likely N-dealkylation sites (tertiary alicyclic amines) is 1. The number of rotatable bonds is 10. The Labute approximate surface area is 295 Å². The van der Waals surface area contributed by atoms with Gasteiger partial charge in [0.05, 0.1) is 29.5 Å². The van der Waals surface area contributed by atoms with Crippen LogP contribution < -0.4 is 25.4 Å². The first-order valence-electron chi connectivity index (χ1n) is 17.4. The van der Waals surface area contributed by atoms with Crippen molar-refractivity contribution in [1.29, 1.82) is 0 Å². The molecule has 3 heterocycles. The maximum absolute atomic E-state index is 14.2. The van der Waals surface area contributed by atoms with E-state index in [4.69, 9.17) is 24.6 Å². The number of aromatic nitrogens is 3. The molecule has 2 aliphatic carbocycles. The lowest BCUT2D eigenvalue weighted by Crippen LogP contribution is -2.40. The molecule has 2 amide bonds. The van der Waals surface area contributed by atoms with Gasteiger partial charge in [0.15, 0.2) is 0 Å². The van der Waals surface area contributed by atoms with Crippen LogP contribution in [0.4, 0.5) is 20.9 Å². The van der Waals surface area contributed by atoms with Crippen LogP contribution in [-0.4, -0.2) is 65.4 Å². The van der Waals surface area contributed by atoms with E-state index in [0.717, 1.165) is 55.7 Å². The maximum Gasteiger partial charge on any atom is 0.424 e. The number of nitrogens with one attached hydrogen (secondary N) is 1. The fourth-order valence-corrected chi connectivity index (χ4v) is 7.64. The van der Waals surface area contributed by atoms with Gasteiger partial charge in [-0.2, -0.15) is 0 Å². The van der Waals surface area contributed by atoms with Crippen molar-refractivity contribution in [3.63, 3.8) is 0 Å². The lowest BCUT2D eigenvalue weighted by Gasteiger charge is -2.33. The zero-order valence-electron chi connectivity index (χ0n) is 28.9. The van der Waals surface area contributed by atoms with Crippen LogP contribution in [0.2, 0.25) is 0 Å². The number of carbonyl (C=O) groups is 2. The predicted molar refractivity (Wildman–Crippen MR) is 189 cm³/mol. The quantitative estimate of drug-likeness (QED) is 0.180. The number of anilines is 2. The molecule has 1 saturated heterocycles. The van der Waals surface area contributed by atoms with Crippen molar-refractivity contribution in [1.82, 2.24) is 20.1 Å². The van der Waals surface area contributed by atoms with Crippen LogP contribution in [0.3, 0.4) is 0 Å². The summed E-state index contributed by atoms with van der Waals surface area (Å²) in [6, 6.07) is 14.1. The van der Waals surface area contributed by atoms with Gasteiger partial charge in [-0.1, -0.05) is 37.2 Å². The molecule has 2 aromatic carbocycles. The van der Waals surface area contributed by atoms with E-state index < -0.39 is 23.4 Å². The number of methoxy groups -OCH3 is 1. The molecule has 2 fully saturated rings. The minimum atomic E-state index is -0.700. The van der Waals surface area contributed by atoms with Crippen LogP contribution in [0, 0.1) is 17.7 Å². The average Bonchev–Trinajstić information content (AvgIpc) is 3.66. The zero-order chi connectivity index (χ0) is 35.7. The van der Waals surface area contributed by atoms with Crippen LogP contribution >= 0.6 is 0 Å². The van der Waals surface area contributed by atoms with E-state index in [1.807, 2.05) is 6.07 Å². The highest BCUT2D eigenvalue weighted by molar-refractivity contribution is 6.04. The number of pyridine rings is 1. The third-order valence-corrected chi connectivity index (χ3v) is 10.4. The van der Waals surface area contributed by atoms with Crippen LogP contribution in [0.5, 0.6) is 11.6 Å². The summed E-state index contributed by atoms with van der Waals surface area (Å²) in [5.41, 5.74) is 9.72. The number of nitrogens with zero attached hydrogens (tertiary/aromatic N) is 5. The highest BCUT2D eigenvalue weighted by Gasteiger charge is 2.50. The average molecular weight is 696 g/mol. The first-order valence-corrected chi connectivity index (χ1v) is 17.4. The van der Waals surface area contributed by atoms with Gasteiger partial charge in [-0.05, 0) is 105 Å². The Morgan fingerprint density at radius 3 is 2.73 bits per heavy atom. The number of fused-ring (bicyclic) bond motifs is 4. The summed E-state index contributed by atoms with van der Waals surface area (Å²) in [7, 11) is 1.46. The topological polar surface area (TPSA) is 149 Å². The first-order chi connectivity index (χ1) is 24.6. The van der Waals surface area contributed by atoms with Gasteiger partial charge in [-0.15, -0.1) is 5.10 Å². The largest absolute Gasteiger partial charge is 0.496 e. The molecule has 3 N–H and O–H groups in total. The summed E-state index contributed by atoms with van der Waals surface area (Å²) in [6.07, 6.45) is 5.01. The summed E-state index contributed by atoms with van der Waals surface area (Å²) in [4.78, 5) is 35.0. The normalized spacial score (nSPS) is 21.2. The van der Waals surface area contributed by atoms with Crippen molar-refractivity contribution in [3.8, 4) is 23.1 Å². The first kappa shape index (κ1) is 34.3. The molecular formula is C38H42FN7O5. The van der Waals surface area contributed by atoms with Crippen molar-refractivity contribution in [3.05, 3.63) is 89.4 Å². The highest BCUT2D eigenvalue weighted by atomic mass is 19.1. The van der Waals surface area contributed by atoms with Crippen molar-refractivity contribution in [2.24, 2.45) is 17.6 Å². The molecule has 13 heteroatoms. The number of ether oxygens (including phenoxy) is 2. The van der Waals surface area contributed by atoms with Crippen molar-refractivity contribution < 1.29 is 27.9 Å². The lowest BCUT2D eigenvalue weighted by molar-refractivity contribution is 0.102. The standard InChI is InChI=1S/C38H42FN7O5/c1-23-22-38(40)24(2)28(23)21-31-29(38)14-15-33(42-31)50-37(48)46(19-9-18-45-16-7-4-8-17-45)36-44-43-35(51-36)27-13-12-25(20-32(27)49-3)41-34(47)26-10-5-6-11-30(26)39/h5-6,10-15,20,23,28H,2,4,7-9,16-19,21-22,40H2,1,3H3,(H,41,47)/t23-,28?,38?/m0/s1. The molecule has 2 bridgehead atoms. The number of amides is 2. The summed E-state index contributed by atoms with van der Waals surface area (Å²) >= 11 is 0. The lowest BCUT2D eigenvalue weighted by atomic mass is 9.77. The molecule has 2 aromatic heterocycles. The Morgan fingerprint density at radius 1 is 1.14 bits per heavy atom. The zero-order valence-corrected chi connectivity index (χ0v) is 28.9. The van der Waals surface area contributed by atoms with Gasteiger partial charge in [0, 0.05) is 24.4 Å². The second kappa shape index (κ2) is 14.2. The Bertz CT molecular complexity index is 1960. The molecule has 1 saturated carbocycles. The number of benzene rings is 2. The summed E-state index contributed by atoms with van der Waals surface area (Å²) in [6.45, 7) is 9.62. The van der Waals surface area contributed by atoms with Gasteiger partial charge in [-0.3, -0.25) is 4.79 Å². The van der Waals surface area contributed by atoms with Crippen molar-refractivity contribution in [2.45, 2.75) is 51.0 Å². The molecule has 0 radical (unpaired) electrons. The van der Waals surface area contributed by atoms with Crippen LogP contribution in [0.15, 0.2) is 71.2 Å². The van der Waals surface area contributed by atoms with E-state index in [9.17, 15) is 14.0 Å². The van der Waals surface area contributed by atoms with E-state index in [1.54, 1.807) is 30.3 Å². The molecule has 2 unspecified atom stereocenters. The molecule has 0 spiro atoms. The number of hydrogen-bond donors (Lipinski definition) is 2. The molecule has 4 aromatic rings. The SMILES string of the molecule is C=C1C2Cc3nc(OC(=O)N(CCCN4CCCCC4)c4nnc(-c5ccc(NC(=O)c6ccccc6F)cc5OC)o4)ccc3C1(N)C[C@@H]2C. The molecule has 1 aliphatic heterocycles. The molecule has 12 nitrogen and oxygen atoms in total. The van der Waals surface area contributed by atoms with Crippen LogP contribution in [-0.2, 0) is 12.0 Å². The van der Waals surface area contributed by atoms with Gasteiger partial charge in [0.2, 0.25) is 5.88 Å². The molecule has 266 valence electrons. The number of hydrogen-bond acceptors (Lipinski definition) is 10. The minimum Gasteiger partial charge on any atom is -0.496 e. The van der Waals surface area contributed by atoms with E-state index in [0.29, 0.717) is 35.8 Å². The number of halogens is 1. The number of carbonyl (C=O) groups excluding carboxylic acids is 2. The monoisotopic (exact) mass is 695 g/mol. The fourth-order valence-electron chi connectivity index (χ4n) is 7.64. The second-order valence-electron chi connectivity index (χ2n) is 13.6. The van der Waals surface area contributed by atoms with Gasteiger partial charge >= 0.3 is 12.1 Å². The van der Waals surface area contributed by atoms with Gasteiger partial charge in [0.25, 0.3) is 11.8 Å². The van der Waals surface area contributed by atoms with E-state index >= 15 is 0 Å². The van der Waals surface area contributed by atoms with Gasteiger partial charge in [-0.25, -0.2) is 19.1 Å². The predicted octanol–water partition coefficient (Wildman–Crippen LogP) is 6.34. The summed E-state index contributed by atoms with van der Waals surface area (Å²) in [5.74, 6) is -0.0432. The Hall–Kier alpha value is -5.14. The molecule has 51 heavy (non-hydrogen) atoms. The molecule has 7 rings (SSSR count). The Kier molecular flexibility index (Phi) is 9.58. The Morgan fingerprint density at radius 2 is 1.94 bits per heavy atom. The molecule has 3 aliphatic rings. The number of nitrogens with two attached hydrogens (primary N) is 1. The highest BCUT2D eigenvalue weighted by Crippen LogP contribution is 2.53. The Balaban J connectivity index is 1.11. The smallest absolute Gasteiger partial charge is 0.424 e. The van der Waals surface area contributed by atoms with E-state index in [-0.39, 0.29) is 35.8 Å².